The lowest BCUT2D eigenvalue weighted by molar-refractivity contribution is 0.368. The first-order valence-electron chi connectivity index (χ1n) is 4.90. The maximum Gasteiger partial charge on any atom is 0.264 e. The Kier molecular flexibility index (Phi) is 4.49. The van der Waals surface area contributed by atoms with Gasteiger partial charge >= 0.3 is 0 Å². The molecule has 0 N–H and O–H groups in total. The summed E-state index contributed by atoms with van der Waals surface area (Å²) in [5, 5.41) is 0.310. The van der Waals surface area contributed by atoms with E-state index < -0.39 is 5.82 Å². The molecular weight excluding hydrogens is 213 g/mol. The van der Waals surface area contributed by atoms with Gasteiger partial charge in [-0.15, -0.1) is 0 Å². The number of para-hydroxylation sites is 1. The molecule has 4 heteroatoms. The van der Waals surface area contributed by atoms with Gasteiger partial charge in [0.1, 0.15) is 0 Å². The van der Waals surface area contributed by atoms with Crippen LogP contribution in [-0.2, 0) is 0 Å². The van der Waals surface area contributed by atoms with Gasteiger partial charge in [-0.25, -0.2) is 4.39 Å². The number of hydrogen-bond donors (Lipinski definition) is 0. The third kappa shape index (κ3) is 3.16. The van der Waals surface area contributed by atoms with Crippen LogP contribution < -0.4 is 4.74 Å². The van der Waals surface area contributed by atoms with Gasteiger partial charge in [0.25, 0.3) is 5.17 Å². The average Bonchev–Trinajstić information content (AvgIpc) is 2.23. The lowest BCUT2D eigenvalue weighted by Crippen LogP contribution is -2.33. The van der Waals surface area contributed by atoms with Gasteiger partial charge in [0.05, 0.1) is 0 Å². The molecule has 0 saturated heterocycles. The van der Waals surface area contributed by atoms with E-state index in [1.165, 1.54) is 6.07 Å². The van der Waals surface area contributed by atoms with Crippen molar-refractivity contribution in [3.63, 3.8) is 0 Å². The summed E-state index contributed by atoms with van der Waals surface area (Å²) >= 11 is 5.05. The van der Waals surface area contributed by atoms with Gasteiger partial charge in [-0.05, 0) is 38.2 Å². The topological polar surface area (TPSA) is 12.5 Å². The Balaban J connectivity index is 2.70. The molecule has 0 amide bonds. The van der Waals surface area contributed by atoms with Crippen molar-refractivity contribution in [3.05, 3.63) is 30.1 Å². The van der Waals surface area contributed by atoms with E-state index >= 15 is 0 Å². The van der Waals surface area contributed by atoms with Gasteiger partial charge in [-0.2, -0.15) is 0 Å². The standard InChI is InChI=1S/C11H14FNOS/c1-3-13(4-2)11(15)14-10-8-6-5-7-9(10)12/h5-8H,3-4H2,1-2H3. The molecule has 0 aliphatic carbocycles. The van der Waals surface area contributed by atoms with Crippen molar-refractivity contribution >= 4 is 17.4 Å². The second-order valence-electron chi connectivity index (χ2n) is 2.97. The fraction of sp³-hybridized carbons (Fsp3) is 0.364. The first-order valence-corrected chi connectivity index (χ1v) is 5.31. The fourth-order valence-electron chi connectivity index (χ4n) is 1.17. The molecule has 0 spiro atoms. The lowest BCUT2D eigenvalue weighted by Gasteiger charge is -2.21. The van der Waals surface area contributed by atoms with Crippen molar-refractivity contribution in [2.45, 2.75) is 13.8 Å². The summed E-state index contributed by atoms with van der Waals surface area (Å²) in [5.41, 5.74) is 0. The number of rotatable bonds is 3. The number of hydrogen-bond acceptors (Lipinski definition) is 2. The van der Waals surface area contributed by atoms with Crippen LogP contribution in [0.5, 0.6) is 5.75 Å². The van der Waals surface area contributed by atoms with Crippen LogP contribution in [0.15, 0.2) is 24.3 Å². The van der Waals surface area contributed by atoms with E-state index in [4.69, 9.17) is 17.0 Å². The zero-order valence-corrected chi connectivity index (χ0v) is 9.68. The molecule has 0 bridgehead atoms. The third-order valence-corrected chi connectivity index (χ3v) is 2.40. The smallest absolute Gasteiger partial charge is 0.264 e. The van der Waals surface area contributed by atoms with E-state index in [-0.39, 0.29) is 5.75 Å². The number of benzene rings is 1. The maximum absolute atomic E-state index is 13.2. The summed E-state index contributed by atoms with van der Waals surface area (Å²) in [4.78, 5) is 1.85. The van der Waals surface area contributed by atoms with E-state index in [9.17, 15) is 4.39 Å². The molecule has 1 aromatic carbocycles. The number of nitrogens with zero attached hydrogens (tertiary/aromatic N) is 1. The number of ether oxygens (including phenoxy) is 1. The number of halogens is 1. The minimum absolute atomic E-state index is 0.175. The van der Waals surface area contributed by atoms with Crippen LogP contribution in [0.25, 0.3) is 0 Å². The van der Waals surface area contributed by atoms with Crippen molar-refractivity contribution < 1.29 is 9.13 Å². The second kappa shape index (κ2) is 5.66. The Labute approximate surface area is 94.7 Å². The molecule has 0 saturated carbocycles. The van der Waals surface area contributed by atoms with Crippen molar-refractivity contribution in [1.29, 1.82) is 0 Å². The van der Waals surface area contributed by atoms with Crippen LogP contribution in [0.1, 0.15) is 13.8 Å². The summed E-state index contributed by atoms with van der Waals surface area (Å²) < 4.78 is 18.5. The van der Waals surface area contributed by atoms with Gasteiger partial charge in [-0.1, -0.05) is 12.1 Å². The monoisotopic (exact) mass is 227 g/mol. The molecule has 1 aromatic rings. The molecule has 2 nitrogen and oxygen atoms in total. The molecule has 0 aromatic heterocycles. The van der Waals surface area contributed by atoms with Gasteiger partial charge in [-0.3, -0.25) is 0 Å². The van der Waals surface area contributed by atoms with Crippen LogP contribution >= 0.6 is 12.2 Å². The van der Waals surface area contributed by atoms with E-state index in [0.29, 0.717) is 5.17 Å². The Hall–Kier alpha value is -1.16. The van der Waals surface area contributed by atoms with Gasteiger partial charge in [0.15, 0.2) is 11.6 Å². The Bertz CT molecular complexity index is 339. The Morgan fingerprint density at radius 1 is 1.33 bits per heavy atom. The predicted molar refractivity (Wildman–Crippen MR) is 62.5 cm³/mol. The third-order valence-electron chi connectivity index (χ3n) is 2.06. The van der Waals surface area contributed by atoms with Gasteiger partial charge in [0, 0.05) is 13.1 Å². The normalized spacial score (nSPS) is 9.80. The summed E-state index contributed by atoms with van der Waals surface area (Å²) in [7, 11) is 0. The highest BCUT2D eigenvalue weighted by atomic mass is 32.1. The van der Waals surface area contributed by atoms with Gasteiger partial charge < -0.3 is 9.64 Å². The molecule has 0 fully saturated rings. The minimum atomic E-state index is -0.396. The highest BCUT2D eigenvalue weighted by molar-refractivity contribution is 7.80. The zero-order valence-electron chi connectivity index (χ0n) is 8.87. The van der Waals surface area contributed by atoms with E-state index in [2.05, 4.69) is 0 Å². The van der Waals surface area contributed by atoms with Crippen molar-refractivity contribution in [2.75, 3.05) is 13.1 Å². The van der Waals surface area contributed by atoms with Gasteiger partial charge in [0.2, 0.25) is 0 Å². The Morgan fingerprint density at radius 3 is 2.47 bits per heavy atom. The largest absolute Gasteiger partial charge is 0.429 e. The van der Waals surface area contributed by atoms with Crippen molar-refractivity contribution in [3.8, 4) is 5.75 Å². The highest BCUT2D eigenvalue weighted by Gasteiger charge is 2.09. The molecular formula is C11H14FNOS. The molecule has 1 rings (SSSR count). The highest BCUT2D eigenvalue weighted by Crippen LogP contribution is 2.16. The quantitative estimate of drug-likeness (QED) is 0.737. The average molecular weight is 227 g/mol. The molecule has 82 valence electrons. The van der Waals surface area contributed by atoms with Crippen LogP contribution in [0.3, 0.4) is 0 Å². The molecule has 0 aliphatic rings. The van der Waals surface area contributed by atoms with Crippen LogP contribution in [0.4, 0.5) is 4.39 Å². The van der Waals surface area contributed by atoms with Crippen LogP contribution in [0, 0.1) is 5.82 Å². The molecule has 0 heterocycles. The number of thiocarbonyl (C=S) groups is 1. The van der Waals surface area contributed by atoms with Crippen molar-refractivity contribution in [2.24, 2.45) is 0 Å². The van der Waals surface area contributed by atoms with Crippen LogP contribution in [0.2, 0.25) is 0 Å². The molecule has 15 heavy (non-hydrogen) atoms. The summed E-state index contributed by atoms with van der Waals surface area (Å²) in [6, 6.07) is 6.23. The second-order valence-corrected chi connectivity index (χ2v) is 3.32. The summed E-state index contributed by atoms with van der Waals surface area (Å²) in [5.74, 6) is -0.221. The summed E-state index contributed by atoms with van der Waals surface area (Å²) in [6.07, 6.45) is 0. The maximum atomic E-state index is 13.2. The van der Waals surface area contributed by atoms with E-state index in [0.717, 1.165) is 13.1 Å². The SMILES string of the molecule is CCN(CC)C(=S)Oc1ccccc1F. The van der Waals surface area contributed by atoms with Crippen LogP contribution in [-0.4, -0.2) is 23.2 Å². The minimum Gasteiger partial charge on any atom is -0.429 e. The zero-order chi connectivity index (χ0) is 11.3. The predicted octanol–water partition coefficient (Wildman–Crippen LogP) is 2.83. The lowest BCUT2D eigenvalue weighted by atomic mass is 10.3. The first-order chi connectivity index (χ1) is 7.19. The molecule has 0 atom stereocenters. The fourth-order valence-corrected chi connectivity index (χ4v) is 1.52. The van der Waals surface area contributed by atoms with E-state index in [1.54, 1.807) is 18.2 Å². The molecule has 0 aliphatic heterocycles. The van der Waals surface area contributed by atoms with Crippen molar-refractivity contribution in [1.82, 2.24) is 4.90 Å². The van der Waals surface area contributed by atoms with E-state index in [1.807, 2.05) is 18.7 Å². The first kappa shape index (κ1) is 11.9. The molecule has 0 unspecified atom stereocenters. The Morgan fingerprint density at radius 2 is 1.93 bits per heavy atom. The molecule has 0 radical (unpaired) electrons. The summed E-state index contributed by atoms with van der Waals surface area (Å²) in [6.45, 7) is 5.45.